The van der Waals surface area contributed by atoms with Crippen LogP contribution in [0.25, 0.3) is 0 Å². The van der Waals surface area contributed by atoms with Crippen molar-refractivity contribution in [3.63, 3.8) is 0 Å². The summed E-state index contributed by atoms with van der Waals surface area (Å²) < 4.78 is 35.3. The van der Waals surface area contributed by atoms with Gasteiger partial charge < -0.3 is 10.6 Å². The van der Waals surface area contributed by atoms with Crippen LogP contribution in [0, 0.1) is 0 Å². The van der Waals surface area contributed by atoms with E-state index in [1.54, 1.807) is 0 Å². The second kappa shape index (κ2) is 7.49. The Balaban J connectivity index is 3.51. The molecule has 0 aromatic heterocycles. The van der Waals surface area contributed by atoms with Gasteiger partial charge in [-0.2, -0.15) is 13.2 Å². The fraction of sp³-hybridized carbons (Fsp3) is 0.900. The molecular weight excluding hydrogens is 221 g/mol. The Labute approximate surface area is 93.8 Å². The van der Waals surface area contributed by atoms with Gasteiger partial charge in [-0.25, -0.2) is 0 Å². The first kappa shape index (κ1) is 15.2. The lowest BCUT2D eigenvalue weighted by Gasteiger charge is -2.12. The van der Waals surface area contributed by atoms with Gasteiger partial charge in [-0.1, -0.05) is 6.92 Å². The van der Waals surface area contributed by atoms with Crippen LogP contribution in [0.3, 0.4) is 0 Å². The van der Waals surface area contributed by atoms with E-state index in [-0.39, 0.29) is 24.9 Å². The number of halogens is 3. The standard InChI is InChI=1S/C10H19F3N2O/c1-3-14-8(2)7-9(16)15-6-4-5-10(11,12)13/h8,14H,3-7H2,1-2H3,(H,15,16). The molecule has 0 saturated heterocycles. The van der Waals surface area contributed by atoms with E-state index < -0.39 is 12.6 Å². The van der Waals surface area contributed by atoms with E-state index >= 15 is 0 Å². The van der Waals surface area contributed by atoms with E-state index in [0.717, 1.165) is 6.54 Å². The quantitative estimate of drug-likeness (QED) is 0.667. The van der Waals surface area contributed by atoms with Crippen molar-refractivity contribution in [3.05, 3.63) is 0 Å². The van der Waals surface area contributed by atoms with Crippen LogP contribution in [0.4, 0.5) is 13.2 Å². The number of alkyl halides is 3. The molecule has 0 bridgehead atoms. The van der Waals surface area contributed by atoms with Crippen LogP contribution in [0.5, 0.6) is 0 Å². The first-order valence-electron chi connectivity index (χ1n) is 5.42. The van der Waals surface area contributed by atoms with E-state index in [2.05, 4.69) is 10.6 Å². The first-order valence-corrected chi connectivity index (χ1v) is 5.42. The lowest BCUT2D eigenvalue weighted by atomic mass is 10.2. The van der Waals surface area contributed by atoms with Gasteiger partial charge in [0.05, 0.1) is 0 Å². The minimum absolute atomic E-state index is 0.0487. The predicted molar refractivity (Wildman–Crippen MR) is 56.1 cm³/mol. The summed E-state index contributed by atoms with van der Waals surface area (Å²) in [5, 5.41) is 5.52. The third-order valence-corrected chi connectivity index (χ3v) is 2.00. The zero-order chi connectivity index (χ0) is 12.6. The lowest BCUT2D eigenvalue weighted by Crippen LogP contribution is -2.34. The average molecular weight is 240 g/mol. The van der Waals surface area contributed by atoms with Gasteiger partial charge in [-0.3, -0.25) is 4.79 Å². The van der Waals surface area contributed by atoms with Gasteiger partial charge in [0.2, 0.25) is 5.91 Å². The molecule has 0 aromatic carbocycles. The van der Waals surface area contributed by atoms with Crippen LogP contribution < -0.4 is 10.6 Å². The van der Waals surface area contributed by atoms with E-state index in [4.69, 9.17) is 0 Å². The SMILES string of the molecule is CCNC(C)CC(=O)NCCCC(F)(F)F. The van der Waals surface area contributed by atoms with Crippen LogP contribution >= 0.6 is 0 Å². The largest absolute Gasteiger partial charge is 0.389 e. The Morgan fingerprint density at radius 2 is 2.00 bits per heavy atom. The van der Waals surface area contributed by atoms with Crippen molar-refractivity contribution in [2.45, 2.75) is 45.3 Å². The molecule has 1 amide bonds. The molecular formula is C10H19F3N2O. The maximum absolute atomic E-state index is 11.8. The molecule has 96 valence electrons. The fourth-order valence-corrected chi connectivity index (χ4v) is 1.29. The molecule has 0 fully saturated rings. The summed E-state index contributed by atoms with van der Waals surface area (Å²) in [5.74, 6) is -0.212. The molecule has 0 heterocycles. The molecule has 0 saturated carbocycles. The van der Waals surface area contributed by atoms with Gasteiger partial charge in [0.1, 0.15) is 0 Å². The van der Waals surface area contributed by atoms with Gasteiger partial charge in [0, 0.05) is 25.4 Å². The molecule has 3 nitrogen and oxygen atoms in total. The summed E-state index contributed by atoms with van der Waals surface area (Å²) in [4.78, 5) is 11.2. The molecule has 0 aliphatic heterocycles. The molecule has 1 unspecified atom stereocenters. The zero-order valence-electron chi connectivity index (χ0n) is 9.66. The zero-order valence-corrected chi connectivity index (χ0v) is 9.66. The van der Waals surface area contributed by atoms with E-state index in [1.165, 1.54) is 0 Å². The molecule has 0 aliphatic rings. The maximum Gasteiger partial charge on any atom is 0.389 e. The maximum atomic E-state index is 11.8. The molecule has 1 atom stereocenters. The smallest absolute Gasteiger partial charge is 0.356 e. The minimum atomic E-state index is -4.14. The van der Waals surface area contributed by atoms with Crippen LogP contribution in [-0.2, 0) is 4.79 Å². The van der Waals surface area contributed by atoms with Gasteiger partial charge in [-0.15, -0.1) is 0 Å². The van der Waals surface area contributed by atoms with Crippen molar-refractivity contribution in [2.24, 2.45) is 0 Å². The van der Waals surface area contributed by atoms with Crippen molar-refractivity contribution in [1.29, 1.82) is 0 Å². The summed E-state index contributed by atoms with van der Waals surface area (Å²) in [6.45, 7) is 4.64. The Morgan fingerprint density at radius 1 is 1.38 bits per heavy atom. The van der Waals surface area contributed by atoms with Gasteiger partial charge >= 0.3 is 6.18 Å². The van der Waals surface area contributed by atoms with Crippen molar-refractivity contribution in [1.82, 2.24) is 10.6 Å². The first-order chi connectivity index (χ1) is 7.35. The second-order valence-corrected chi connectivity index (χ2v) is 3.73. The summed E-state index contributed by atoms with van der Waals surface area (Å²) in [5.41, 5.74) is 0. The molecule has 0 aliphatic carbocycles. The van der Waals surface area contributed by atoms with Crippen molar-refractivity contribution in [2.75, 3.05) is 13.1 Å². The topological polar surface area (TPSA) is 41.1 Å². The van der Waals surface area contributed by atoms with Crippen LogP contribution in [-0.4, -0.2) is 31.2 Å². The van der Waals surface area contributed by atoms with Gasteiger partial charge in [-0.05, 0) is 19.9 Å². The third kappa shape index (κ3) is 9.76. The number of carbonyl (C=O) groups is 1. The Hall–Kier alpha value is -0.780. The molecule has 0 aromatic rings. The monoisotopic (exact) mass is 240 g/mol. The lowest BCUT2D eigenvalue weighted by molar-refractivity contribution is -0.136. The normalized spacial score (nSPS) is 13.6. The molecule has 16 heavy (non-hydrogen) atoms. The van der Waals surface area contributed by atoms with Gasteiger partial charge in [0.15, 0.2) is 0 Å². The van der Waals surface area contributed by atoms with E-state index in [1.807, 2.05) is 13.8 Å². The highest BCUT2D eigenvalue weighted by Crippen LogP contribution is 2.20. The summed E-state index contributed by atoms with van der Waals surface area (Å²) in [7, 11) is 0. The van der Waals surface area contributed by atoms with Crippen LogP contribution in [0.2, 0.25) is 0 Å². The number of rotatable bonds is 7. The number of carbonyl (C=O) groups excluding carboxylic acids is 1. The van der Waals surface area contributed by atoms with Gasteiger partial charge in [0.25, 0.3) is 0 Å². The van der Waals surface area contributed by atoms with Crippen molar-refractivity contribution < 1.29 is 18.0 Å². The Kier molecular flexibility index (Phi) is 7.12. The number of amides is 1. The average Bonchev–Trinajstić information content (AvgIpc) is 2.11. The molecule has 0 spiro atoms. The van der Waals surface area contributed by atoms with Crippen molar-refractivity contribution >= 4 is 5.91 Å². The number of nitrogens with one attached hydrogen (secondary N) is 2. The minimum Gasteiger partial charge on any atom is -0.356 e. The number of hydrogen-bond acceptors (Lipinski definition) is 2. The Bertz CT molecular complexity index is 207. The van der Waals surface area contributed by atoms with E-state index in [0.29, 0.717) is 6.42 Å². The highest BCUT2D eigenvalue weighted by atomic mass is 19.4. The molecule has 0 rings (SSSR count). The van der Waals surface area contributed by atoms with Crippen LogP contribution in [0.15, 0.2) is 0 Å². The van der Waals surface area contributed by atoms with Crippen LogP contribution in [0.1, 0.15) is 33.1 Å². The molecule has 0 radical (unpaired) electrons. The molecule has 2 N–H and O–H groups in total. The second-order valence-electron chi connectivity index (χ2n) is 3.73. The summed E-state index contributed by atoms with van der Waals surface area (Å²) >= 11 is 0. The fourth-order valence-electron chi connectivity index (χ4n) is 1.29. The van der Waals surface area contributed by atoms with Crippen molar-refractivity contribution in [3.8, 4) is 0 Å². The highest BCUT2D eigenvalue weighted by Gasteiger charge is 2.25. The summed E-state index contributed by atoms with van der Waals surface area (Å²) in [6, 6.07) is 0.0487. The highest BCUT2D eigenvalue weighted by molar-refractivity contribution is 5.76. The van der Waals surface area contributed by atoms with E-state index in [9.17, 15) is 18.0 Å². The Morgan fingerprint density at radius 3 is 2.50 bits per heavy atom. The predicted octanol–water partition coefficient (Wildman–Crippen LogP) is 1.83. The molecule has 6 heteroatoms. The summed E-state index contributed by atoms with van der Waals surface area (Å²) in [6.07, 6.45) is -4.76. The number of hydrogen-bond donors (Lipinski definition) is 2. The third-order valence-electron chi connectivity index (χ3n) is 2.00.